The van der Waals surface area contributed by atoms with E-state index in [9.17, 15) is 14.4 Å². The van der Waals surface area contributed by atoms with Gasteiger partial charge in [0.1, 0.15) is 17.7 Å². The fourth-order valence-electron chi connectivity index (χ4n) is 2.68. The van der Waals surface area contributed by atoms with E-state index in [0.29, 0.717) is 38.6 Å². The third-order valence-corrected chi connectivity index (χ3v) is 3.88. The Labute approximate surface area is 142 Å². The molecule has 0 radical (unpaired) electrons. The molecule has 0 aromatic rings. The molecular formula is C16H29N3O5. The van der Waals surface area contributed by atoms with Crippen molar-refractivity contribution in [1.82, 2.24) is 4.90 Å². The molecule has 0 aromatic heterocycles. The van der Waals surface area contributed by atoms with Gasteiger partial charge in [-0.15, -0.1) is 0 Å². The van der Waals surface area contributed by atoms with Gasteiger partial charge >= 0.3 is 11.9 Å². The number of nitrogens with zero attached hydrogens (tertiary/aromatic N) is 1. The molecule has 1 amide bonds. The Balaban J connectivity index is 2.40. The molecule has 1 unspecified atom stereocenters. The lowest BCUT2D eigenvalue weighted by molar-refractivity contribution is -0.156. The molecule has 8 heteroatoms. The van der Waals surface area contributed by atoms with E-state index in [4.69, 9.17) is 21.3 Å². The number of esters is 1. The minimum atomic E-state index is -1.00. The molecule has 0 aliphatic carbocycles. The van der Waals surface area contributed by atoms with Crippen LogP contribution in [0.3, 0.4) is 0 Å². The van der Waals surface area contributed by atoms with Gasteiger partial charge in [0.2, 0.25) is 5.91 Å². The lowest BCUT2D eigenvalue weighted by Crippen LogP contribution is -2.48. The van der Waals surface area contributed by atoms with Gasteiger partial charge in [-0.05, 0) is 52.9 Å². The smallest absolute Gasteiger partial charge is 0.326 e. The second-order valence-corrected chi connectivity index (χ2v) is 7.21. The number of carboxylic acids is 1. The van der Waals surface area contributed by atoms with E-state index >= 15 is 0 Å². The number of rotatable bonds is 7. The Morgan fingerprint density at radius 3 is 2.33 bits per heavy atom. The second kappa shape index (κ2) is 8.43. The van der Waals surface area contributed by atoms with Gasteiger partial charge in [0.25, 0.3) is 0 Å². The normalized spacial score (nSPS) is 20.5. The molecule has 5 N–H and O–H groups in total. The van der Waals surface area contributed by atoms with Crippen molar-refractivity contribution >= 4 is 17.8 Å². The van der Waals surface area contributed by atoms with Crippen molar-refractivity contribution in [2.45, 2.75) is 76.6 Å². The summed E-state index contributed by atoms with van der Waals surface area (Å²) >= 11 is 0. The highest BCUT2D eigenvalue weighted by Crippen LogP contribution is 2.19. The summed E-state index contributed by atoms with van der Waals surface area (Å²) in [6.07, 6.45) is 2.31. The highest BCUT2D eigenvalue weighted by molar-refractivity contribution is 5.87. The molecule has 1 fully saturated rings. The number of hydrogen-bond acceptors (Lipinski definition) is 6. The minimum absolute atomic E-state index is 0.345. The van der Waals surface area contributed by atoms with Gasteiger partial charge in [0.05, 0.1) is 6.04 Å². The fourth-order valence-corrected chi connectivity index (χ4v) is 2.68. The molecule has 0 aromatic carbocycles. The summed E-state index contributed by atoms with van der Waals surface area (Å²) in [6.45, 7) is 5.71. The fraction of sp³-hybridized carbons (Fsp3) is 0.812. The van der Waals surface area contributed by atoms with Crippen LogP contribution >= 0.6 is 0 Å². The van der Waals surface area contributed by atoms with E-state index in [1.54, 1.807) is 20.8 Å². The van der Waals surface area contributed by atoms with Crippen LogP contribution in [0.4, 0.5) is 0 Å². The molecule has 0 bridgehead atoms. The number of carbonyl (C=O) groups is 3. The highest BCUT2D eigenvalue weighted by atomic mass is 16.6. The first-order valence-corrected chi connectivity index (χ1v) is 8.30. The highest BCUT2D eigenvalue weighted by Gasteiger charge is 2.35. The first-order chi connectivity index (χ1) is 11.0. The zero-order valence-corrected chi connectivity index (χ0v) is 14.7. The Morgan fingerprint density at radius 1 is 1.21 bits per heavy atom. The van der Waals surface area contributed by atoms with Gasteiger partial charge in [-0.3, -0.25) is 9.59 Å². The molecule has 1 heterocycles. The van der Waals surface area contributed by atoms with Crippen molar-refractivity contribution in [3.8, 4) is 0 Å². The zero-order valence-electron chi connectivity index (χ0n) is 14.7. The van der Waals surface area contributed by atoms with E-state index in [0.717, 1.165) is 0 Å². The summed E-state index contributed by atoms with van der Waals surface area (Å²) in [5, 5.41) is 9.11. The first-order valence-electron chi connectivity index (χ1n) is 8.30. The van der Waals surface area contributed by atoms with Gasteiger partial charge in [0, 0.05) is 6.54 Å². The predicted octanol–water partition coefficient (Wildman–Crippen LogP) is 0.229. The van der Waals surface area contributed by atoms with E-state index < -0.39 is 35.7 Å². The molecule has 24 heavy (non-hydrogen) atoms. The summed E-state index contributed by atoms with van der Waals surface area (Å²) in [4.78, 5) is 36.5. The molecule has 1 rings (SSSR count). The van der Waals surface area contributed by atoms with Crippen LogP contribution in [-0.2, 0) is 19.1 Å². The molecule has 3 atom stereocenters. The monoisotopic (exact) mass is 343 g/mol. The average molecular weight is 343 g/mol. The summed E-state index contributed by atoms with van der Waals surface area (Å²) in [5.41, 5.74) is 11.1. The Hall–Kier alpha value is -1.67. The van der Waals surface area contributed by atoms with Gasteiger partial charge in [0.15, 0.2) is 0 Å². The lowest BCUT2D eigenvalue weighted by atomic mass is 10.0. The first kappa shape index (κ1) is 20.4. The molecular weight excluding hydrogens is 314 g/mol. The maximum atomic E-state index is 12.3. The third kappa shape index (κ3) is 6.09. The van der Waals surface area contributed by atoms with Crippen LogP contribution in [0.1, 0.15) is 52.9 Å². The maximum Gasteiger partial charge on any atom is 0.326 e. The van der Waals surface area contributed by atoms with Crippen molar-refractivity contribution in [1.29, 1.82) is 0 Å². The summed E-state index contributed by atoms with van der Waals surface area (Å²) in [6, 6.07) is -2.33. The van der Waals surface area contributed by atoms with Crippen molar-refractivity contribution in [2.75, 3.05) is 6.54 Å². The summed E-state index contributed by atoms with van der Waals surface area (Å²) in [7, 11) is 0. The quantitative estimate of drug-likeness (QED) is 0.563. The summed E-state index contributed by atoms with van der Waals surface area (Å²) < 4.78 is 5.19. The van der Waals surface area contributed by atoms with Crippen molar-refractivity contribution < 1.29 is 24.2 Å². The van der Waals surface area contributed by atoms with E-state index in [-0.39, 0.29) is 5.91 Å². The second-order valence-electron chi connectivity index (χ2n) is 7.21. The lowest BCUT2D eigenvalue weighted by Gasteiger charge is -2.25. The number of likely N-dealkylation sites (tertiary alicyclic amines) is 1. The van der Waals surface area contributed by atoms with E-state index in [2.05, 4.69) is 0 Å². The molecule has 8 nitrogen and oxygen atoms in total. The standard InChI is InChI=1S/C16H29N3O5/c1-16(2,3)24-15(23)11(18)7-4-6-10(17)13(20)19-9-5-8-12(19)14(21)22/h10-12H,4-9,17-18H2,1-3H3,(H,21,22)/t10-,11?,12-/m0/s1. The molecule has 1 aliphatic heterocycles. The predicted molar refractivity (Wildman–Crippen MR) is 88.0 cm³/mol. The average Bonchev–Trinajstić information content (AvgIpc) is 2.93. The maximum absolute atomic E-state index is 12.3. The van der Waals surface area contributed by atoms with Gasteiger partial charge in [-0.1, -0.05) is 0 Å². The van der Waals surface area contributed by atoms with Gasteiger partial charge in [-0.25, -0.2) is 4.79 Å². The number of nitrogens with two attached hydrogens (primary N) is 2. The van der Waals surface area contributed by atoms with Crippen molar-refractivity contribution in [2.24, 2.45) is 11.5 Å². The third-order valence-electron chi connectivity index (χ3n) is 3.88. The van der Waals surface area contributed by atoms with Crippen molar-refractivity contribution in [3.63, 3.8) is 0 Å². The van der Waals surface area contributed by atoms with Crippen LogP contribution in [0.15, 0.2) is 0 Å². The number of hydrogen-bond donors (Lipinski definition) is 3. The Kier molecular flexibility index (Phi) is 7.16. The molecule has 138 valence electrons. The van der Waals surface area contributed by atoms with Gasteiger partial charge in [-0.2, -0.15) is 0 Å². The zero-order chi connectivity index (χ0) is 18.5. The van der Waals surface area contributed by atoms with Crippen LogP contribution in [0.5, 0.6) is 0 Å². The van der Waals surface area contributed by atoms with Gasteiger partial charge < -0.3 is 26.2 Å². The molecule has 1 aliphatic rings. The molecule has 0 spiro atoms. The van der Waals surface area contributed by atoms with E-state index in [1.165, 1.54) is 4.90 Å². The Morgan fingerprint density at radius 2 is 1.79 bits per heavy atom. The number of ether oxygens (including phenoxy) is 1. The van der Waals surface area contributed by atoms with Crippen LogP contribution in [0, 0.1) is 0 Å². The van der Waals surface area contributed by atoms with Crippen LogP contribution in [-0.4, -0.2) is 58.1 Å². The molecule has 1 saturated heterocycles. The minimum Gasteiger partial charge on any atom is -0.480 e. The topological polar surface area (TPSA) is 136 Å². The summed E-state index contributed by atoms with van der Waals surface area (Å²) in [5.74, 6) is -1.83. The van der Waals surface area contributed by atoms with Crippen LogP contribution < -0.4 is 11.5 Å². The SMILES string of the molecule is CC(C)(C)OC(=O)C(N)CCC[C@H](N)C(=O)N1CCC[C@H]1C(=O)O. The number of amides is 1. The number of aliphatic carboxylic acids is 1. The molecule has 0 saturated carbocycles. The van der Waals surface area contributed by atoms with Crippen LogP contribution in [0.25, 0.3) is 0 Å². The largest absolute Gasteiger partial charge is 0.480 e. The Bertz CT molecular complexity index is 475. The van der Waals surface area contributed by atoms with Crippen LogP contribution in [0.2, 0.25) is 0 Å². The number of carboxylic acid groups (broad SMARTS) is 1. The van der Waals surface area contributed by atoms with Crippen molar-refractivity contribution in [3.05, 3.63) is 0 Å². The van der Waals surface area contributed by atoms with E-state index in [1.807, 2.05) is 0 Å². The number of carbonyl (C=O) groups excluding carboxylic acids is 2.